The Morgan fingerprint density at radius 1 is 1.10 bits per heavy atom. The summed E-state index contributed by atoms with van der Waals surface area (Å²) < 4.78 is 3.61. The van der Waals surface area contributed by atoms with E-state index < -0.39 is 0 Å². The second kappa shape index (κ2) is 7.01. The van der Waals surface area contributed by atoms with Crippen molar-refractivity contribution in [3.05, 3.63) is 83.6 Å². The number of para-hydroxylation sites is 1. The lowest BCUT2D eigenvalue weighted by Crippen LogP contribution is -2.15. The Morgan fingerprint density at radius 2 is 2.00 bits per heavy atom. The fourth-order valence-electron chi connectivity index (χ4n) is 3.81. The van der Waals surface area contributed by atoms with Crippen LogP contribution in [0.1, 0.15) is 33.7 Å². The van der Waals surface area contributed by atoms with E-state index in [1.165, 1.54) is 0 Å². The van der Waals surface area contributed by atoms with Crippen LogP contribution in [-0.2, 0) is 12.8 Å². The van der Waals surface area contributed by atoms with Crippen LogP contribution >= 0.6 is 0 Å². The van der Waals surface area contributed by atoms with Crippen LogP contribution in [0.25, 0.3) is 11.5 Å². The molecular weight excluding hydrogens is 364 g/mol. The highest BCUT2D eigenvalue weighted by molar-refractivity contribution is 6.04. The minimum atomic E-state index is -0.205. The zero-order chi connectivity index (χ0) is 19.8. The van der Waals surface area contributed by atoms with Crippen molar-refractivity contribution in [3.63, 3.8) is 0 Å². The number of aromatic nitrogens is 5. The van der Waals surface area contributed by atoms with Crippen molar-refractivity contribution < 1.29 is 4.79 Å². The Kier molecular flexibility index (Phi) is 4.20. The third kappa shape index (κ3) is 3.10. The van der Waals surface area contributed by atoms with Crippen molar-refractivity contribution in [2.24, 2.45) is 0 Å². The highest BCUT2D eigenvalue weighted by atomic mass is 16.2. The number of hydrogen-bond donors (Lipinski definition) is 1. The molecule has 144 valence electrons. The molecule has 1 aliphatic carbocycles. The predicted molar refractivity (Wildman–Crippen MR) is 110 cm³/mol. The average molecular weight is 384 g/mol. The quantitative estimate of drug-likeness (QED) is 0.584. The van der Waals surface area contributed by atoms with Crippen molar-refractivity contribution in [2.75, 3.05) is 5.32 Å². The lowest BCUT2D eigenvalue weighted by Gasteiger charge is -2.08. The van der Waals surface area contributed by atoms with E-state index in [4.69, 9.17) is 0 Å². The van der Waals surface area contributed by atoms with E-state index in [0.717, 1.165) is 41.8 Å². The molecule has 0 saturated carbocycles. The number of carbonyl (C=O) groups excluding carboxylic acids is 1. The van der Waals surface area contributed by atoms with E-state index in [-0.39, 0.29) is 5.91 Å². The smallest absolute Gasteiger partial charge is 0.276 e. The van der Waals surface area contributed by atoms with Gasteiger partial charge in [-0.05, 0) is 56.0 Å². The molecule has 0 atom stereocenters. The fraction of sp³-hybridized carbons (Fsp3) is 0.182. The van der Waals surface area contributed by atoms with Gasteiger partial charge in [0, 0.05) is 23.7 Å². The first-order chi connectivity index (χ1) is 14.2. The molecule has 0 saturated heterocycles. The van der Waals surface area contributed by atoms with Gasteiger partial charge in [0.1, 0.15) is 0 Å². The van der Waals surface area contributed by atoms with Gasteiger partial charge in [-0.2, -0.15) is 10.2 Å². The number of rotatable bonds is 4. The van der Waals surface area contributed by atoms with Crippen LogP contribution < -0.4 is 5.32 Å². The number of pyridine rings is 1. The van der Waals surface area contributed by atoms with Gasteiger partial charge >= 0.3 is 0 Å². The third-order valence-electron chi connectivity index (χ3n) is 5.23. The van der Waals surface area contributed by atoms with E-state index in [1.807, 2.05) is 47.3 Å². The molecule has 1 aliphatic rings. The summed E-state index contributed by atoms with van der Waals surface area (Å²) in [4.78, 5) is 17.3. The Bertz CT molecular complexity index is 1170. The Balaban J connectivity index is 1.43. The second-order valence-corrected chi connectivity index (χ2v) is 7.14. The van der Waals surface area contributed by atoms with Crippen LogP contribution in [0.2, 0.25) is 0 Å². The first kappa shape index (κ1) is 17.4. The highest BCUT2D eigenvalue weighted by Gasteiger charge is 2.27. The molecule has 0 bridgehead atoms. The minimum absolute atomic E-state index is 0.205. The molecule has 1 amide bonds. The van der Waals surface area contributed by atoms with Gasteiger partial charge in [0.15, 0.2) is 11.5 Å². The topological polar surface area (TPSA) is 77.6 Å². The van der Waals surface area contributed by atoms with Crippen LogP contribution in [0, 0.1) is 6.92 Å². The van der Waals surface area contributed by atoms with Crippen LogP contribution in [0.15, 0.2) is 61.1 Å². The largest absolute Gasteiger partial charge is 0.319 e. The maximum Gasteiger partial charge on any atom is 0.276 e. The maximum absolute atomic E-state index is 13.0. The number of nitrogens with zero attached hydrogens (tertiary/aromatic N) is 5. The van der Waals surface area contributed by atoms with Crippen LogP contribution in [0.5, 0.6) is 0 Å². The average Bonchev–Trinajstić information content (AvgIpc) is 3.47. The molecule has 29 heavy (non-hydrogen) atoms. The number of aryl methyl sites for hydroxylation is 1. The molecule has 4 aromatic rings. The number of amides is 1. The Hall–Kier alpha value is -3.74. The van der Waals surface area contributed by atoms with Gasteiger partial charge in [0.05, 0.1) is 17.6 Å². The molecule has 1 aromatic carbocycles. The molecule has 0 fully saturated rings. The molecule has 7 nitrogen and oxygen atoms in total. The fourth-order valence-corrected chi connectivity index (χ4v) is 3.81. The summed E-state index contributed by atoms with van der Waals surface area (Å²) in [5.74, 6) is 0.488. The number of hydrogen-bond acceptors (Lipinski definition) is 4. The monoisotopic (exact) mass is 384 g/mol. The summed E-state index contributed by atoms with van der Waals surface area (Å²) in [6, 6.07) is 13.6. The normalized spacial score (nSPS) is 12.7. The van der Waals surface area contributed by atoms with Gasteiger partial charge < -0.3 is 5.32 Å². The van der Waals surface area contributed by atoms with Crippen molar-refractivity contribution in [2.45, 2.75) is 26.2 Å². The van der Waals surface area contributed by atoms with E-state index in [0.29, 0.717) is 17.2 Å². The molecule has 3 aromatic heterocycles. The van der Waals surface area contributed by atoms with Crippen LogP contribution in [0.3, 0.4) is 0 Å². The van der Waals surface area contributed by atoms with Gasteiger partial charge in [-0.3, -0.25) is 4.79 Å². The number of nitrogens with one attached hydrogen (secondary N) is 1. The summed E-state index contributed by atoms with van der Waals surface area (Å²) in [5, 5.41) is 11.8. The van der Waals surface area contributed by atoms with Crippen LogP contribution in [0.4, 0.5) is 5.69 Å². The molecule has 0 aliphatic heterocycles. The van der Waals surface area contributed by atoms with Crippen molar-refractivity contribution in [1.29, 1.82) is 0 Å². The van der Waals surface area contributed by atoms with Crippen molar-refractivity contribution >= 4 is 11.6 Å². The lowest BCUT2D eigenvalue weighted by molar-refractivity contribution is 0.102. The first-order valence-electron chi connectivity index (χ1n) is 9.65. The van der Waals surface area contributed by atoms with Crippen LogP contribution in [-0.4, -0.2) is 30.5 Å². The molecule has 0 unspecified atom stereocenters. The summed E-state index contributed by atoms with van der Waals surface area (Å²) in [6.45, 7) is 2.06. The molecular formula is C22H20N6O. The summed E-state index contributed by atoms with van der Waals surface area (Å²) in [7, 11) is 0. The molecule has 5 rings (SSSR count). The number of carbonyl (C=O) groups is 1. The second-order valence-electron chi connectivity index (χ2n) is 7.14. The predicted octanol–water partition coefficient (Wildman–Crippen LogP) is 3.50. The zero-order valence-electron chi connectivity index (χ0n) is 16.0. The number of anilines is 1. The van der Waals surface area contributed by atoms with Crippen molar-refractivity contribution in [3.8, 4) is 11.5 Å². The summed E-state index contributed by atoms with van der Waals surface area (Å²) in [6.07, 6.45) is 8.00. The third-order valence-corrected chi connectivity index (χ3v) is 5.23. The van der Waals surface area contributed by atoms with Gasteiger partial charge in [-0.15, -0.1) is 0 Å². The van der Waals surface area contributed by atoms with E-state index in [2.05, 4.69) is 33.5 Å². The Morgan fingerprint density at radius 3 is 2.76 bits per heavy atom. The van der Waals surface area contributed by atoms with E-state index in [9.17, 15) is 4.79 Å². The molecule has 0 radical (unpaired) electrons. The zero-order valence-corrected chi connectivity index (χ0v) is 16.0. The van der Waals surface area contributed by atoms with Gasteiger partial charge in [-0.25, -0.2) is 14.3 Å². The lowest BCUT2D eigenvalue weighted by atomic mass is 10.1. The molecule has 3 heterocycles. The van der Waals surface area contributed by atoms with Gasteiger partial charge in [-0.1, -0.05) is 18.2 Å². The minimum Gasteiger partial charge on any atom is -0.319 e. The Labute approximate surface area is 168 Å². The summed E-state index contributed by atoms with van der Waals surface area (Å²) in [5.41, 5.74) is 5.47. The molecule has 0 spiro atoms. The first-order valence-corrected chi connectivity index (χ1v) is 9.65. The standard InChI is InChI=1S/C22H20N6O/c1-15-6-2-3-8-18(15)28-19-9-4-7-17(19)21(26-28)22(29)25-16-10-11-20(23-14-16)27-13-5-12-24-27/h2-3,5-6,8,10-14H,4,7,9H2,1H3,(H,25,29). The number of fused-ring (bicyclic) bond motifs is 1. The van der Waals surface area contributed by atoms with Crippen molar-refractivity contribution in [1.82, 2.24) is 24.5 Å². The van der Waals surface area contributed by atoms with E-state index >= 15 is 0 Å². The SMILES string of the molecule is Cc1ccccc1-n1nc(C(=O)Nc2ccc(-n3cccn3)nc2)c2c1CCC2. The van der Waals surface area contributed by atoms with Gasteiger partial charge in [0.25, 0.3) is 5.91 Å². The highest BCUT2D eigenvalue weighted by Crippen LogP contribution is 2.29. The summed E-state index contributed by atoms with van der Waals surface area (Å²) >= 11 is 0. The van der Waals surface area contributed by atoms with Gasteiger partial charge in [0.2, 0.25) is 0 Å². The molecule has 7 heteroatoms. The molecule has 1 N–H and O–H groups in total. The van der Waals surface area contributed by atoms with E-state index in [1.54, 1.807) is 17.1 Å². The maximum atomic E-state index is 13.0. The number of benzene rings is 1.